The summed E-state index contributed by atoms with van der Waals surface area (Å²) < 4.78 is 61.3. The molecular formula is C22H18F2N4O3S. The molecule has 2 aromatic heterocycles. The molecule has 4 rings (SSSR count). The van der Waals surface area contributed by atoms with Gasteiger partial charge in [-0.15, -0.1) is 0 Å². The van der Waals surface area contributed by atoms with Gasteiger partial charge in [-0.1, -0.05) is 0 Å². The predicted molar refractivity (Wildman–Crippen MR) is 115 cm³/mol. The summed E-state index contributed by atoms with van der Waals surface area (Å²) in [7, 11) is -3.88. The van der Waals surface area contributed by atoms with Gasteiger partial charge in [0.1, 0.15) is 29.0 Å². The molecule has 32 heavy (non-hydrogen) atoms. The van der Waals surface area contributed by atoms with E-state index < -0.39 is 27.4 Å². The van der Waals surface area contributed by atoms with Gasteiger partial charge in [-0.2, -0.15) is 4.98 Å². The van der Waals surface area contributed by atoms with E-state index in [2.05, 4.69) is 14.7 Å². The van der Waals surface area contributed by atoms with Crippen molar-refractivity contribution in [1.82, 2.24) is 14.5 Å². The summed E-state index contributed by atoms with van der Waals surface area (Å²) in [6.07, 6.45) is 3.70. The van der Waals surface area contributed by atoms with Crippen molar-refractivity contribution in [3.05, 3.63) is 96.1 Å². The van der Waals surface area contributed by atoms with Crippen LogP contribution in [0.1, 0.15) is 11.4 Å². The van der Waals surface area contributed by atoms with Gasteiger partial charge >= 0.3 is 0 Å². The number of hydrogen-bond donors (Lipinski definition) is 1. The SMILES string of the molecule is Cc1nc(Oc2ccc(NS(=O)(=O)Cc3cc(F)cc(F)c3)cc2)cc(-n2cccc2)n1. The van der Waals surface area contributed by atoms with E-state index in [4.69, 9.17) is 4.74 Å². The molecule has 0 atom stereocenters. The van der Waals surface area contributed by atoms with Crippen molar-refractivity contribution in [2.24, 2.45) is 0 Å². The molecule has 0 amide bonds. The van der Waals surface area contributed by atoms with Crippen LogP contribution in [-0.2, 0) is 15.8 Å². The summed E-state index contributed by atoms with van der Waals surface area (Å²) in [6, 6.07) is 14.3. The lowest BCUT2D eigenvalue weighted by atomic mass is 10.2. The number of benzene rings is 2. The quantitative estimate of drug-likeness (QED) is 0.440. The minimum Gasteiger partial charge on any atom is -0.439 e. The lowest BCUT2D eigenvalue weighted by molar-refractivity contribution is 0.459. The van der Waals surface area contributed by atoms with Crippen molar-refractivity contribution >= 4 is 15.7 Å². The molecule has 0 bridgehead atoms. The molecule has 0 saturated carbocycles. The van der Waals surface area contributed by atoms with Crippen LogP contribution in [0.3, 0.4) is 0 Å². The van der Waals surface area contributed by atoms with Crippen LogP contribution in [0.25, 0.3) is 5.82 Å². The van der Waals surface area contributed by atoms with E-state index in [1.54, 1.807) is 25.1 Å². The number of ether oxygens (including phenoxy) is 1. The summed E-state index contributed by atoms with van der Waals surface area (Å²) in [5.41, 5.74) is 0.286. The highest BCUT2D eigenvalue weighted by Gasteiger charge is 2.14. The van der Waals surface area contributed by atoms with Gasteiger partial charge in [0, 0.05) is 30.2 Å². The molecule has 0 fully saturated rings. The lowest BCUT2D eigenvalue weighted by Gasteiger charge is -2.11. The van der Waals surface area contributed by atoms with Crippen LogP contribution in [-0.4, -0.2) is 23.0 Å². The van der Waals surface area contributed by atoms with Crippen molar-refractivity contribution in [2.75, 3.05) is 4.72 Å². The lowest BCUT2D eigenvalue weighted by Crippen LogP contribution is -2.15. The van der Waals surface area contributed by atoms with Crippen LogP contribution >= 0.6 is 0 Å². The van der Waals surface area contributed by atoms with Crippen molar-refractivity contribution in [3.8, 4) is 17.4 Å². The third-order valence-electron chi connectivity index (χ3n) is 4.30. The van der Waals surface area contributed by atoms with E-state index in [0.29, 0.717) is 29.3 Å². The fourth-order valence-electron chi connectivity index (χ4n) is 3.04. The first-order valence-corrected chi connectivity index (χ1v) is 11.1. The summed E-state index contributed by atoms with van der Waals surface area (Å²) in [6.45, 7) is 1.75. The Bertz CT molecular complexity index is 1320. The van der Waals surface area contributed by atoms with Gasteiger partial charge < -0.3 is 9.30 Å². The summed E-state index contributed by atoms with van der Waals surface area (Å²) in [5.74, 6) is -0.282. The van der Waals surface area contributed by atoms with E-state index in [-0.39, 0.29) is 11.3 Å². The highest BCUT2D eigenvalue weighted by Crippen LogP contribution is 2.24. The third-order valence-corrected chi connectivity index (χ3v) is 5.56. The highest BCUT2D eigenvalue weighted by molar-refractivity contribution is 7.91. The topological polar surface area (TPSA) is 86.1 Å². The van der Waals surface area contributed by atoms with Crippen molar-refractivity contribution in [1.29, 1.82) is 0 Å². The average Bonchev–Trinajstić information content (AvgIpc) is 3.22. The molecular weight excluding hydrogens is 438 g/mol. The second kappa shape index (κ2) is 8.75. The molecule has 0 spiro atoms. The molecule has 7 nitrogen and oxygen atoms in total. The van der Waals surface area contributed by atoms with Crippen molar-refractivity contribution in [2.45, 2.75) is 12.7 Å². The van der Waals surface area contributed by atoms with Crippen LogP contribution in [0.2, 0.25) is 0 Å². The molecule has 0 aliphatic carbocycles. The minimum absolute atomic E-state index is 0.00702. The fourth-order valence-corrected chi connectivity index (χ4v) is 4.21. The number of halogens is 2. The highest BCUT2D eigenvalue weighted by atomic mass is 32.2. The Morgan fingerprint density at radius 2 is 1.62 bits per heavy atom. The number of aryl methyl sites for hydroxylation is 1. The number of nitrogens with zero attached hydrogens (tertiary/aromatic N) is 3. The standard InChI is InChI=1S/C22H18F2N4O3S/c1-15-25-21(28-8-2-3-9-28)13-22(26-15)31-20-6-4-19(5-7-20)27-32(29,30)14-16-10-17(23)12-18(24)11-16/h2-13,27H,14H2,1H3. The molecule has 10 heteroatoms. The normalized spacial score (nSPS) is 11.3. The van der Waals surface area contributed by atoms with Crippen molar-refractivity contribution < 1.29 is 21.9 Å². The minimum atomic E-state index is -3.88. The Labute approximate surface area is 183 Å². The molecule has 164 valence electrons. The Hall–Kier alpha value is -3.79. The zero-order valence-corrected chi connectivity index (χ0v) is 17.7. The van der Waals surface area contributed by atoms with E-state index in [1.807, 2.05) is 29.1 Å². The summed E-state index contributed by atoms with van der Waals surface area (Å²) in [5, 5.41) is 0. The average molecular weight is 456 g/mol. The Kier molecular flexibility index (Phi) is 5.87. The van der Waals surface area contributed by atoms with Gasteiger partial charge in [-0.3, -0.25) is 4.72 Å². The predicted octanol–water partition coefficient (Wildman–Crippen LogP) is 4.59. The second-order valence-electron chi connectivity index (χ2n) is 6.97. The van der Waals surface area contributed by atoms with Crippen LogP contribution in [0.4, 0.5) is 14.5 Å². The summed E-state index contributed by atoms with van der Waals surface area (Å²) >= 11 is 0. The van der Waals surface area contributed by atoms with Crippen LogP contribution in [0.5, 0.6) is 11.6 Å². The first kappa shape index (κ1) is 21.4. The van der Waals surface area contributed by atoms with E-state index in [1.165, 1.54) is 12.1 Å². The zero-order valence-electron chi connectivity index (χ0n) is 16.9. The number of rotatable bonds is 7. The molecule has 0 unspecified atom stereocenters. The monoisotopic (exact) mass is 456 g/mol. The largest absolute Gasteiger partial charge is 0.439 e. The van der Waals surface area contributed by atoms with Crippen LogP contribution < -0.4 is 9.46 Å². The number of nitrogens with one attached hydrogen (secondary N) is 1. The Balaban J connectivity index is 1.45. The van der Waals surface area contributed by atoms with E-state index in [0.717, 1.165) is 12.1 Å². The molecule has 2 aromatic carbocycles. The van der Waals surface area contributed by atoms with Gasteiger partial charge in [0.05, 0.1) is 5.75 Å². The molecule has 0 aliphatic rings. The van der Waals surface area contributed by atoms with Gasteiger partial charge in [0.25, 0.3) is 0 Å². The molecule has 2 heterocycles. The zero-order chi connectivity index (χ0) is 22.7. The molecule has 0 saturated heterocycles. The maximum Gasteiger partial charge on any atom is 0.236 e. The third kappa shape index (κ3) is 5.46. The van der Waals surface area contributed by atoms with E-state index >= 15 is 0 Å². The van der Waals surface area contributed by atoms with E-state index in [9.17, 15) is 17.2 Å². The van der Waals surface area contributed by atoms with Crippen LogP contribution in [0.15, 0.2) is 73.1 Å². The second-order valence-corrected chi connectivity index (χ2v) is 8.69. The first-order chi connectivity index (χ1) is 15.3. The number of aromatic nitrogens is 3. The molecule has 0 radical (unpaired) electrons. The van der Waals surface area contributed by atoms with Gasteiger partial charge in [0.2, 0.25) is 15.9 Å². The fraction of sp³-hybridized carbons (Fsp3) is 0.0909. The van der Waals surface area contributed by atoms with Crippen molar-refractivity contribution in [3.63, 3.8) is 0 Å². The smallest absolute Gasteiger partial charge is 0.236 e. The van der Waals surface area contributed by atoms with Gasteiger partial charge in [-0.05, 0) is 61.0 Å². The molecule has 1 N–H and O–H groups in total. The van der Waals surface area contributed by atoms with Gasteiger partial charge in [0.15, 0.2) is 0 Å². The maximum absolute atomic E-state index is 13.3. The summed E-state index contributed by atoms with van der Waals surface area (Å²) in [4.78, 5) is 8.63. The molecule has 4 aromatic rings. The first-order valence-electron chi connectivity index (χ1n) is 9.48. The molecule has 0 aliphatic heterocycles. The maximum atomic E-state index is 13.3. The number of hydrogen-bond acceptors (Lipinski definition) is 5. The Morgan fingerprint density at radius 1 is 0.969 bits per heavy atom. The number of sulfonamides is 1. The van der Waals surface area contributed by atoms with Crippen LogP contribution in [0, 0.1) is 18.6 Å². The van der Waals surface area contributed by atoms with Gasteiger partial charge in [-0.25, -0.2) is 22.2 Å². The number of anilines is 1. The Morgan fingerprint density at radius 3 is 2.28 bits per heavy atom.